The molecule has 0 bridgehead atoms. The number of aryl methyl sites for hydroxylation is 1. The second-order valence-corrected chi connectivity index (χ2v) is 8.35. The number of hydrogen-bond donors (Lipinski definition) is 1. The van der Waals surface area contributed by atoms with E-state index in [0.29, 0.717) is 36.1 Å². The van der Waals surface area contributed by atoms with Crippen molar-refractivity contribution < 1.29 is 18.3 Å². The van der Waals surface area contributed by atoms with E-state index in [0.717, 1.165) is 37.1 Å². The van der Waals surface area contributed by atoms with Gasteiger partial charge in [-0.3, -0.25) is 0 Å². The third-order valence-corrected chi connectivity index (χ3v) is 5.58. The van der Waals surface area contributed by atoms with Crippen LogP contribution in [-0.4, -0.2) is 33.8 Å². The molecule has 1 aliphatic carbocycles. The van der Waals surface area contributed by atoms with Gasteiger partial charge in [0.2, 0.25) is 5.88 Å². The van der Waals surface area contributed by atoms with Gasteiger partial charge in [0.05, 0.1) is 23.5 Å². The Morgan fingerprint density at radius 3 is 2.64 bits per heavy atom. The van der Waals surface area contributed by atoms with Crippen LogP contribution in [0, 0.1) is 24.5 Å². The fourth-order valence-corrected chi connectivity index (χ4v) is 3.60. The Hall–Kier alpha value is -3.42. The van der Waals surface area contributed by atoms with Gasteiger partial charge in [-0.25, -0.2) is 18.3 Å². The Morgan fingerprint density at radius 1 is 1.21 bits per heavy atom. The summed E-state index contributed by atoms with van der Waals surface area (Å²) < 4.78 is 35.5. The van der Waals surface area contributed by atoms with Crippen LogP contribution in [0.3, 0.4) is 0 Å². The van der Waals surface area contributed by atoms with Gasteiger partial charge in [0.1, 0.15) is 5.82 Å². The molecule has 1 heterocycles. The van der Waals surface area contributed by atoms with Crippen molar-refractivity contribution in [2.45, 2.75) is 39.7 Å². The van der Waals surface area contributed by atoms with Gasteiger partial charge in [-0.2, -0.15) is 5.10 Å². The van der Waals surface area contributed by atoms with E-state index < -0.39 is 11.6 Å². The van der Waals surface area contributed by atoms with Crippen LogP contribution in [0.1, 0.15) is 37.4 Å². The van der Waals surface area contributed by atoms with Crippen molar-refractivity contribution in [2.24, 2.45) is 5.92 Å². The van der Waals surface area contributed by atoms with E-state index in [1.165, 1.54) is 6.07 Å². The molecule has 2 amide bonds. The average molecular weight is 455 g/mol. The number of aromatic nitrogens is 2. The molecule has 2 aromatic carbocycles. The van der Waals surface area contributed by atoms with Crippen LogP contribution in [-0.2, 0) is 6.54 Å². The van der Waals surface area contributed by atoms with E-state index in [1.54, 1.807) is 9.58 Å². The lowest BCUT2D eigenvalue weighted by Crippen LogP contribution is -2.41. The fourth-order valence-electron chi connectivity index (χ4n) is 3.60. The smallest absolute Gasteiger partial charge is 0.317 e. The lowest BCUT2D eigenvalue weighted by atomic mass is 10.2. The Balaban J connectivity index is 1.72. The summed E-state index contributed by atoms with van der Waals surface area (Å²) in [6.07, 6.45) is 3.04. The SMILES string of the molecule is CCCNC(=O)N(Cc1c(C)nn(-c2ccccc2)c1Oc1ccc(F)cc1F)CC1CC1. The van der Waals surface area contributed by atoms with Crippen molar-refractivity contribution in [2.75, 3.05) is 13.1 Å². The van der Waals surface area contributed by atoms with E-state index in [9.17, 15) is 13.6 Å². The summed E-state index contributed by atoms with van der Waals surface area (Å²) in [5.41, 5.74) is 2.07. The molecule has 0 aliphatic heterocycles. The highest BCUT2D eigenvalue weighted by atomic mass is 19.1. The first-order chi connectivity index (χ1) is 16.0. The van der Waals surface area contributed by atoms with Crippen LogP contribution < -0.4 is 10.1 Å². The highest BCUT2D eigenvalue weighted by Crippen LogP contribution is 2.35. The first kappa shape index (κ1) is 22.8. The summed E-state index contributed by atoms with van der Waals surface area (Å²) in [5.74, 6) is -0.820. The average Bonchev–Trinajstić information content (AvgIpc) is 3.58. The van der Waals surface area contributed by atoms with Crippen LogP contribution in [0.4, 0.5) is 13.6 Å². The Bertz CT molecular complexity index is 1110. The van der Waals surface area contributed by atoms with E-state index in [4.69, 9.17) is 4.74 Å². The maximum absolute atomic E-state index is 14.4. The minimum Gasteiger partial charge on any atom is -0.435 e. The van der Waals surface area contributed by atoms with Gasteiger partial charge in [0.25, 0.3) is 0 Å². The molecule has 1 N–H and O–H groups in total. The van der Waals surface area contributed by atoms with Crippen LogP contribution in [0.2, 0.25) is 0 Å². The highest BCUT2D eigenvalue weighted by molar-refractivity contribution is 5.74. The predicted octanol–water partition coefficient (Wildman–Crippen LogP) is 5.58. The first-order valence-electron chi connectivity index (χ1n) is 11.3. The summed E-state index contributed by atoms with van der Waals surface area (Å²) in [6.45, 7) is 5.33. The molecule has 0 saturated heterocycles. The van der Waals surface area contributed by atoms with Crippen molar-refractivity contribution in [3.63, 3.8) is 0 Å². The summed E-state index contributed by atoms with van der Waals surface area (Å²) in [7, 11) is 0. The molecule has 33 heavy (non-hydrogen) atoms. The molecule has 174 valence electrons. The zero-order chi connectivity index (χ0) is 23.4. The second kappa shape index (κ2) is 10.0. The monoisotopic (exact) mass is 454 g/mol. The Morgan fingerprint density at radius 2 is 1.97 bits per heavy atom. The molecule has 1 saturated carbocycles. The number of hydrogen-bond acceptors (Lipinski definition) is 3. The zero-order valence-electron chi connectivity index (χ0n) is 18.9. The van der Waals surface area contributed by atoms with Crippen LogP contribution in [0.5, 0.6) is 11.6 Å². The van der Waals surface area contributed by atoms with Crippen molar-refractivity contribution in [3.05, 3.63) is 71.4 Å². The van der Waals surface area contributed by atoms with Crippen LogP contribution >= 0.6 is 0 Å². The maximum atomic E-state index is 14.4. The van der Waals surface area contributed by atoms with Crippen molar-refractivity contribution in [1.29, 1.82) is 0 Å². The van der Waals surface area contributed by atoms with Crippen LogP contribution in [0.15, 0.2) is 48.5 Å². The number of urea groups is 1. The lowest BCUT2D eigenvalue weighted by molar-refractivity contribution is 0.192. The quantitative estimate of drug-likeness (QED) is 0.459. The molecular weight excluding hydrogens is 426 g/mol. The predicted molar refractivity (Wildman–Crippen MR) is 122 cm³/mol. The molecule has 1 fully saturated rings. The molecule has 0 unspecified atom stereocenters. The number of carbonyl (C=O) groups is 1. The second-order valence-electron chi connectivity index (χ2n) is 8.35. The fraction of sp³-hybridized carbons (Fsp3) is 0.360. The Kier molecular flexibility index (Phi) is 6.91. The van der Waals surface area contributed by atoms with E-state index >= 15 is 0 Å². The molecule has 6 nitrogen and oxygen atoms in total. The summed E-state index contributed by atoms with van der Waals surface area (Å²) >= 11 is 0. The van der Waals surface area contributed by atoms with Gasteiger partial charge in [-0.05, 0) is 56.4 Å². The number of amides is 2. The van der Waals surface area contributed by atoms with Crippen LogP contribution in [0.25, 0.3) is 5.69 Å². The van der Waals surface area contributed by atoms with E-state index in [2.05, 4.69) is 10.4 Å². The number of rotatable bonds is 9. The van der Waals surface area contributed by atoms with Crippen molar-refractivity contribution >= 4 is 6.03 Å². The van der Waals surface area contributed by atoms with E-state index in [-0.39, 0.29) is 18.3 Å². The lowest BCUT2D eigenvalue weighted by Gasteiger charge is -2.23. The number of para-hydroxylation sites is 1. The van der Waals surface area contributed by atoms with E-state index in [1.807, 2.05) is 44.2 Å². The van der Waals surface area contributed by atoms with Gasteiger partial charge >= 0.3 is 6.03 Å². The normalized spacial score (nSPS) is 13.1. The number of nitrogens with one attached hydrogen (secondary N) is 1. The molecular formula is C25H28F2N4O2. The zero-order valence-corrected chi connectivity index (χ0v) is 18.9. The molecule has 4 rings (SSSR count). The van der Waals surface area contributed by atoms with Crippen molar-refractivity contribution in [3.8, 4) is 17.3 Å². The third-order valence-electron chi connectivity index (χ3n) is 5.58. The number of benzene rings is 2. The molecule has 0 atom stereocenters. The minimum absolute atomic E-state index is 0.112. The number of halogens is 2. The first-order valence-corrected chi connectivity index (χ1v) is 11.3. The van der Waals surface area contributed by atoms with Gasteiger partial charge < -0.3 is 15.0 Å². The highest BCUT2D eigenvalue weighted by Gasteiger charge is 2.29. The number of ether oxygens (including phenoxy) is 1. The minimum atomic E-state index is -0.810. The molecule has 0 spiro atoms. The molecule has 8 heteroatoms. The molecule has 0 radical (unpaired) electrons. The standard InChI is InChI=1S/C25H28F2N4O2/c1-3-13-28-25(32)30(15-18-9-10-18)16-21-17(2)29-31(20-7-5-4-6-8-20)24(21)33-23-12-11-19(26)14-22(23)27/h4-8,11-12,14,18H,3,9-10,13,15-16H2,1-2H3,(H,28,32). The van der Waals surface area contributed by atoms with Crippen molar-refractivity contribution in [1.82, 2.24) is 20.0 Å². The molecule has 3 aromatic rings. The largest absolute Gasteiger partial charge is 0.435 e. The van der Waals surface area contributed by atoms with Gasteiger partial charge in [-0.1, -0.05) is 25.1 Å². The molecule has 1 aliphatic rings. The Labute approximate surface area is 192 Å². The van der Waals surface area contributed by atoms with Gasteiger partial charge in [0.15, 0.2) is 11.6 Å². The maximum Gasteiger partial charge on any atom is 0.317 e. The summed E-state index contributed by atoms with van der Waals surface area (Å²) in [4.78, 5) is 14.6. The topological polar surface area (TPSA) is 59.4 Å². The summed E-state index contributed by atoms with van der Waals surface area (Å²) in [5, 5.41) is 7.58. The number of nitrogens with zero attached hydrogens (tertiary/aromatic N) is 3. The third kappa shape index (κ3) is 5.50. The number of carbonyl (C=O) groups excluding carboxylic acids is 1. The van der Waals surface area contributed by atoms with Gasteiger partial charge in [-0.15, -0.1) is 0 Å². The summed E-state index contributed by atoms with van der Waals surface area (Å²) in [6, 6.07) is 12.4. The van der Waals surface area contributed by atoms with Gasteiger partial charge in [0, 0.05) is 19.2 Å². The molecule has 1 aromatic heterocycles.